The molecule has 158 valence electrons. The second kappa shape index (κ2) is 10.6. The first-order valence-corrected chi connectivity index (χ1v) is 10.6. The summed E-state index contributed by atoms with van der Waals surface area (Å²) in [6.45, 7) is 4.80. The van der Waals surface area contributed by atoms with E-state index in [1.165, 1.54) is 16.9 Å². The molecule has 0 saturated heterocycles. The van der Waals surface area contributed by atoms with Crippen molar-refractivity contribution in [3.8, 4) is 17.2 Å². The number of hydrogen-bond acceptors (Lipinski definition) is 7. The first kappa shape index (κ1) is 21.6. The van der Waals surface area contributed by atoms with Gasteiger partial charge in [-0.3, -0.25) is 10.1 Å². The molecule has 0 aliphatic carbocycles. The van der Waals surface area contributed by atoms with Gasteiger partial charge in [0.15, 0.2) is 11.5 Å². The summed E-state index contributed by atoms with van der Waals surface area (Å²) in [6, 6.07) is 13.1. The number of ether oxygens (including phenoxy) is 3. The Hall–Kier alpha value is -3.13. The lowest BCUT2D eigenvalue weighted by Crippen LogP contribution is -2.12. The number of rotatable bonds is 10. The largest absolute Gasteiger partial charge is 0.497 e. The van der Waals surface area contributed by atoms with Gasteiger partial charge in [0.25, 0.3) is 5.91 Å². The van der Waals surface area contributed by atoms with Gasteiger partial charge in [-0.2, -0.15) is 0 Å². The van der Waals surface area contributed by atoms with Crippen LogP contribution in [0.1, 0.15) is 34.8 Å². The van der Waals surface area contributed by atoms with E-state index in [9.17, 15) is 4.79 Å². The maximum absolute atomic E-state index is 12.6. The van der Waals surface area contributed by atoms with Crippen molar-refractivity contribution in [3.05, 3.63) is 58.6 Å². The highest BCUT2D eigenvalue weighted by molar-refractivity contribution is 7.15. The maximum Gasteiger partial charge on any atom is 0.257 e. The number of carbonyl (C=O) groups is 1. The zero-order valence-electron chi connectivity index (χ0n) is 17.3. The molecule has 0 spiro atoms. The minimum absolute atomic E-state index is 0.267. The van der Waals surface area contributed by atoms with Crippen molar-refractivity contribution in [1.82, 2.24) is 10.2 Å². The van der Waals surface area contributed by atoms with Crippen LogP contribution < -0.4 is 19.5 Å². The summed E-state index contributed by atoms with van der Waals surface area (Å²) in [6.07, 6.45) is 1.58. The third-order valence-corrected chi connectivity index (χ3v) is 5.18. The summed E-state index contributed by atoms with van der Waals surface area (Å²) in [7, 11) is 1.65. The Balaban J connectivity index is 1.60. The summed E-state index contributed by atoms with van der Waals surface area (Å²) in [4.78, 5) is 12.6. The molecule has 1 amide bonds. The zero-order valence-corrected chi connectivity index (χ0v) is 18.1. The van der Waals surface area contributed by atoms with E-state index < -0.39 is 0 Å². The summed E-state index contributed by atoms with van der Waals surface area (Å²) < 4.78 is 16.3. The van der Waals surface area contributed by atoms with Gasteiger partial charge < -0.3 is 14.2 Å². The SMILES string of the molecule is CCOc1ccc(C(=O)Nc2nnc(CCc3ccc(OC)cc3)s2)cc1OCC. The van der Waals surface area contributed by atoms with Gasteiger partial charge in [0, 0.05) is 12.0 Å². The molecule has 0 bridgehead atoms. The smallest absolute Gasteiger partial charge is 0.257 e. The number of nitrogens with zero attached hydrogens (tertiary/aromatic N) is 2. The Morgan fingerprint density at radius 3 is 2.40 bits per heavy atom. The summed E-state index contributed by atoms with van der Waals surface area (Å²) in [5, 5.41) is 12.4. The van der Waals surface area contributed by atoms with Crippen LogP contribution in [0, 0.1) is 0 Å². The fourth-order valence-electron chi connectivity index (χ4n) is 2.81. The molecule has 0 aliphatic rings. The fraction of sp³-hybridized carbons (Fsp3) is 0.318. The molecule has 1 N–H and O–H groups in total. The lowest BCUT2D eigenvalue weighted by molar-refractivity contribution is 0.102. The topological polar surface area (TPSA) is 82.6 Å². The van der Waals surface area contributed by atoms with Crippen molar-refractivity contribution in [1.29, 1.82) is 0 Å². The van der Waals surface area contributed by atoms with E-state index in [1.54, 1.807) is 25.3 Å². The van der Waals surface area contributed by atoms with Crippen LogP contribution in [-0.2, 0) is 12.8 Å². The Morgan fingerprint density at radius 1 is 0.967 bits per heavy atom. The standard InChI is InChI=1S/C22H25N3O4S/c1-4-28-18-12-9-16(14-19(18)29-5-2)21(26)23-22-25-24-20(30-22)13-8-15-6-10-17(27-3)11-7-15/h6-7,9-12,14H,4-5,8,13H2,1-3H3,(H,23,25,26). The van der Waals surface area contributed by atoms with Crippen molar-refractivity contribution in [3.63, 3.8) is 0 Å². The highest BCUT2D eigenvalue weighted by Crippen LogP contribution is 2.29. The van der Waals surface area contributed by atoms with E-state index in [1.807, 2.05) is 38.1 Å². The van der Waals surface area contributed by atoms with Gasteiger partial charge >= 0.3 is 0 Å². The van der Waals surface area contributed by atoms with Crippen molar-refractivity contribution in [2.24, 2.45) is 0 Å². The van der Waals surface area contributed by atoms with Crippen molar-refractivity contribution in [2.45, 2.75) is 26.7 Å². The van der Waals surface area contributed by atoms with Crippen LogP contribution in [0.15, 0.2) is 42.5 Å². The van der Waals surface area contributed by atoms with Crippen LogP contribution in [-0.4, -0.2) is 36.4 Å². The Bertz CT molecular complexity index is 973. The van der Waals surface area contributed by atoms with Crippen molar-refractivity contribution in [2.75, 3.05) is 25.6 Å². The third kappa shape index (κ3) is 5.70. The van der Waals surface area contributed by atoms with Crippen molar-refractivity contribution >= 4 is 22.4 Å². The highest BCUT2D eigenvalue weighted by atomic mass is 32.1. The number of aromatic nitrogens is 2. The molecular formula is C22H25N3O4S. The molecule has 0 saturated carbocycles. The first-order valence-electron chi connectivity index (χ1n) is 9.79. The monoisotopic (exact) mass is 427 g/mol. The fourth-order valence-corrected chi connectivity index (χ4v) is 3.54. The van der Waals surface area contributed by atoms with Crippen LogP contribution >= 0.6 is 11.3 Å². The molecule has 0 fully saturated rings. The molecule has 30 heavy (non-hydrogen) atoms. The lowest BCUT2D eigenvalue weighted by Gasteiger charge is -2.12. The summed E-state index contributed by atoms with van der Waals surface area (Å²) in [5.41, 5.74) is 1.66. The van der Waals surface area contributed by atoms with Crippen LogP contribution in [0.4, 0.5) is 5.13 Å². The van der Waals surface area contributed by atoms with E-state index in [-0.39, 0.29) is 5.91 Å². The van der Waals surface area contributed by atoms with Gasteiger partial charge in [0.1, 0.15) is 10.8 Å². The van der Waals surface area contributed by atoms with Gasteiger partial charge in [-0.25, -0.2) is 0 Å². The van der Waals surface area contributed by atoms with Gasteiger partial charge in [-0.1, -0.05) is 23.5 Å². The van der Waals surface area contributed by atoms with Gasteiger partial charge in [0.05, 0.1) is 20.3 Å². The molecule has 3 rings (SSSR count). The number of aryl methyl sites for hydroxylation is 2. The summed E-state index contributed by atoms with van der Waals surface area (Å²) in [5.74, 6) is 1.73. The Kier molecular flexibility index (Phi) is 7.62. The zero-order chi connectivity index (χ0) is 21.3. The van der Waals surface area contributed by atoms with Gasteiger partial charge in [-0.15, -0.1) is 10.2 Å². The van der Waals surface area contributed by atoms with E-state index in [0.29, 0.717) is 35.4 Å². The van der Waals surface area contributed by atoms with Gasteiger partial charge in [0.2, 0.25) is 5.13 Å². The normalized spacial score (nSPS) is 10.5. The number of hydrogen-bond donors (Lipinski definition) is 1. The molecule has 0 atom stereocenters. The number of benzene rings is 2. The third-order valence-electron chi connectivity index (χ3n) is 4.28. The minimum atomic E-state index is -0.267. The molecule has 2 aromatic carbocycles. The summed E-state index contributed by atoms with van der Waals surface area (Å²) >= 11 is 1.37. The maximum atomic E-state index is 12.6. The van der Waals surface area contributed by atoms with Crippen LogP contribution in [0.3, 0.4) is 0 Å². The first-order chi connectivity index (χ1) is 14.6. The average molecular weight is 428 g/mol. The van der Waals surface area contributed by atoms with Crippen LogP contribution in [0.2, 0.25) is 0 Å². The quantitative estimate of drug-likeness (QED) is 0.517. The van der Waals surface area contributed by atoms with E-state index in [2.05, 4.69) is 15.5 Å². The van der Waals surface area contributed by atoms with Gasteiger partial charge in [-0.05, 0) is 56.2 Å². The lowest BCUT2D eigenvalue weighted by atomic mass is 10.1. The number of amides is 1. The molecule has 1 aromatic heterocycles. The minimum Gasteiger partial charge on any atom is -0.497 e. The molecule has 1 heterocycles. The van der Waals surface area contributed by atoms with Crippen molar-refractivity contribution < 1.29 is 19.0 Å². The van der Waals surface area contributed by atoms with E-state index in [4.69, 9.17) is 14.2 Å². The molecule has 7 nitrogen and oxygen atoms in total. The van der Waals surface area contributed by atoms with E-state index in [0.717, 1.165) is 23.6 Å². The predicted octanol–water partition coefficient (Wildman–Crippen LogP) is 4.38. The number of nitrogens with one attached hydrogen (secondary N) is 1. The molecule has 3 aromatic rings. The Morgan fingerprint density at radius 2 is 1.70 bits per heavy atom. The molecule has 0 radical (unpaired) electrons. The van der Waals surface area contributed by atoms with E-state index >= 15 is 0 Å². The predicted molar refractivity (Wildman–Crippen MR) is 117 cm³/mol. The number of anilines is 1. The number of methoxy groups -OCH3 is 1. The molecule has 0 aliphatic heterocycles. The average Bonchev–Trinajstić information content (AvgIpc) is 3.21. The highest BCUT2D eigenvalue weighted by Gasteiger charge is 2.14. The Labute approximate surface area is 180 Å². The van der Waals surface area contributed by atoms with Crippen LogP contribution in [0.5, 0.6) is 17.2 Å². The number of carbonyl (C=O) groups excluding carboxylic acids is 1. The molecule has 8 heteroatoms. The second-order valence-corrected chi connectivity index (χ2v) is 7.39. The molecule has 0 unspecified atom stereocenters. The molecular weight excluding hydrogens is 402 g/mol. The second-order valence-electron chi connectivity index (χ2n) is 6.33. The van der Waals surface area contributed by atoms with Crippen LogP contribution in [0.25, 0.3) is 0 Å².